The average Bonchev–Trinajstić information content (AvgIpc) is 2.29. The largest absolute Gasteiger partial charge is 0.326 e. The fraction of sp³-hybridized carbons (Fsp3) is 0.100. The SMILES string of the molecule is O=S(=O)(O)C[n+]1ccc(-c2cnccn2)cc1. The maximum atomic E-state index is 10.7. The molecule has 17 heavy (non-hydrogen) atoms. The predicted octanol–water partition coefficient (Wildman–Crippen LogP) is 0.276. The summed E-state index contributed by atoms with van der Waals surface area (Å²) in [5.74, 6) is -0.465. The van der Waals surface area contributed by atoms with Crippen LogP contribution in [0.2, 0.25) is 0 Å². The van der Waals surface area contributed by atoms with Gasteiger partial charge in [0.05, 0.1) is 11.9 Å². The Bertz CT molecular complexity index is 596. The molecule has 0 saturated carbocycles. The molecule has 6 nitrogen and oxygen atoms in total. The number of hydrogen-bond donors (Lipinski definition) is 1. The minimum absolute atomic E-state index is 0.465. The van der Waals surface area contributed by atoms with E-state index in [2.05, 4.69) is 9.97 Å². The van der Waals surface area contributed by atoms with Crippen molar-refractivity contribution in [3.05, 3.63) is 43.1 Å². The molecule has 0 aliphatic rings. The summed E-state index contributed by atoms with van der Waals surface area (Å²) in [5, 5.41) is 0. The molecule has 0 spiro atoms. The van der Waals surface area contributed by atoms with Crippen molar-refractivity contribution in [2.24, 2.45) is 0 Å². The van der Waals surface area contributed by atoms with Gasteiger partial charge in [-0.3, -0.25) is 14.5 Å². The lowest BCUT2D eigenvalue weighted by Crippen LogP contribution is -2.36. The summed E-state index contributed by atoms with van der Waals surface area (Å²) in [7, 11) is -4.02. The van der Waals surface area contributed by atoms with E-state index in [4.69, 9.17) is 4.55 Å². The lowest BCUT2D eigenvalue weighted by atomic mass is 10.2. The average molecular weight is 252 g/mol. The zero-order chi connectivity index (χ0) is 12.3. The van der Waals surface area contributed by atoms with Crippen LogP contribution in [-0.4, -0.2) is 22.9 Å². The third kappa shape index (κ3) is 3.30. The van der Waals surface area contributed by atoms with E-state index in [-0.39, 0.29) is 0 Å². The van der Waals surface area contributed by atoms with Crippen molar-refractivity contribution in [2.75, 3.05) is 0 Å². The van der Waals surface area contributed by atoms with E-state index in [0.717, 1.165) is 5.56 Å². The van der Waals surface area contributed by atoms with E-state index in [1.807, 2.05) is 0 Å². The van der Waals surface area contributed by atoms with Crippen molar-refractivity contribution in [2.45, 2.75) is 5.88 Å². The highest BCUT2D eigenvalue weighted by molar-refractivity contribution is 7.84. The Hall–Kier alpha value is -1.86. The first kappa shape index (κ1) is 11.6. The van der Waals surface area contributed by atoms with Crippen molar-refractivity contribution in [1.82, 2.24) is 9.97 Å². The van der Waals surface area contributed by atoms with Gasteiger partial charge in [-0.2, -0.15) is 13.0 Å². The molecule has 2 heterocycles. The zero-order valence-electron chi connectivity index (χ0n) is 8.76. The molecule has 0 aromatic carbocycles. The molecule has 0 amide bonds. The van der Waals surface area contributed by atoms with Crippen molar-refractivity contribution in [3.8, 4) is 11.3 Å². The Morgan fingerprint density at radius 1 is 1.24 bits per heavy atom. The molecule has 7 heteroatoms. The monoisotopic (exact) mass is 252 g/mol. The smallest absolute Gasteiger partial charge is 0.281 e. The molecular weight excluding hydrogens is 242 g/mol. The van der Waals surface area contributed by atoms with E-state index in [1.54, 1.807) is 43.1 Å². The van der Waals surface area contributed by atoms with Crippen molar-refractivity contribution in [3.63, 3.8) is 0 Å². The third-order valence-corrected chi connectivity index (χ3v) is 2.69. The number of rotatable bonds is 3. The van der Waals surface area contributed by atoms with Gasteiger partial charge >= 0.3 is 10.1 Å². The second-order valence-electron chi connectivity index (χ2n) is 3.40. The summed E-state index contributed by atoms with van der Waals surface area (Å²) >= 11 is 0. The van der Waals surface area contributed by atoms with Gasteiger partial charge < -0.3 is 0 Å². The van der Waals surface area contributed by atoms with Gasteiger partial charge in [-0.1, -0.05) is 0 Å². The molecule has 0 aliphatic carbocycles. The van der Waals surface area contributed by atoms with Crippen LogP contribution in [0, 0.1) is 0 Å². The Labute approximate surface area is 98.4 Å². The summed E-state index contributed by atoms with van der Waals surface area (Å²) in [6.45, 7) is 0. The molecule has 1 N–H and O–H groups in total. The molecule has 0 saturated heterocycles. The Balaban J connectivity index is 2.25. The summed E-state index contributed by atoms with van der Waals surface area (Å²) in [6.07, 6.45) is 7.87. The normalized spacial score (nSPS) is 11.4. The van der Waals surface area contributed by atoms with Crippen LogP contribution in [0.4, 0.5) is 0 Å². The second kappa shape index (κ2) is 4.56. The van der Waals surface area contributed by atoms with Gasteiger partial charge in [0.1, 0.15) is 0 Å². The summed E-state index contributed by atoms with van der Waals surface area (Å²) in [5.41, 5.74) is 1.52. The van der Waals surface area contributed by atoms with Crippen LogP contribution >= 0.6 is 0 Å². The molecule has 0 fully saturated rings. The molecule has 0 unspecified atom stereocenters. The molecular formula is C10H10N3O3S+. The first-order chi connectivity index (χ1) is 8.04. The minimum Gasteiger partial charge on any atom is -0.281 e. The molecule has 0 bridgehead atoms. The standard InChI is InChI=1S/C10H9N3O3S/c14-17(15,16)8-13-5-1-9(2-6-13)10-7-11-3-4-12-10/h1-7H,8H2/p+1. The number of aromatic nitrogens is 3. The molecule has 88 valence electrons. The van der Waals surface area contributed by atoms with Gasteiger partial charge in [0, 0.05) is 30.1 Å². The molecule has 2 aromatic heterocycles. The van der Waals surface area contributed by atoms with Crippen LogP contribution in [0.3, 0.4) is 0 Å². The van der Waals surface area contributed by atoms with E-state index in [1.165, 1.54) is 4.57 Å². The van der Waals surface area contributed by atoms with E-state index < -0.39 is 16.0 Å². The Morgan fingerprint density at radius 3 is 2.47 bits per heavy atom. The van der Waals surface area contributed by atoms with Crippen LogP contribution in [0.1, 0.15) is 0 Å². The summed E-state index contributed by atoms with van der Waals surface area (Å²) < 4.78 is 31.4. The van der Waals surface area contributed by atoms with Crippen molar-refractivity contribution >= 4 is 10.1 Å². The lowest BCUT2D eigenvalue weighted by molar-refractivity contribution is -0.678. The minimum atomic E-state index is -4.02. The van der Waals surface area contributed by atoms with Gasteiger partial charge in [-0.25, -0.2) is 0 Å². The van der Waals surface area contributed by atoms with Crippen LogP contribution in [0.25, 0.3) is 11.3 Å². The van der Waals surface area contributed by atoms with E-state index >= 15 is 0 Å². The molecule has 0 radical (unpaired) electrons. The maximum absolute atomic E-state index is 10.7. The molecule has 2 rings (SSSR count). The first-order valence-electron chi connectivity index (χ1n) is 4.75. The summed E-state index contributed by atoms with van der Waals surface area (Å²) in [6, 6.07) is 3.41. The van der Waals surface area contributed by atoms with Crippen LogP contribution < -0.4 is 4.57 Å². The zero-order valence-corrected chi connectivity index (χ0v) is 9.58. The molecule has 2 aromatic rings. The van der Waals surface area contributed by atoms with Gasteiger partial charge in [0.25, 0.3) is 5.88 Å². The number of pyridine rings is 1. The van der Waals surface area contributed by atoms with Crippen LogP contribution in [0.5, 0.6) is 0 Å². The van der Waals surface area contributed by atoms with Crippen molar-refractivity contribution < 1.29 is 17.5 Å². The topological polar surface area (TPSA) is 84.0 Å². The van der Waals surface area contributed by atoms with Gasteiger partial charge in [0.15, 0.2) is 12.4 Å². The number of hydrogen-bond acceptors (Lipinski definition) is 4. The highest BCUT2D eigenvalue weighted by atomic mass is 32.2. The van der Waals surface area contributed by atoms with Crippen molar-refractivity contribution in [1.29, 1.82) is 0 Å². The van der Waals surface area contributed by atoms with Crippen LogP contribution in [0.15, 0.2) is 43.1 Å². The van der Waals surface area contributed by atoms with Gasteiger partial charge in [-0.05, 0) is 0 Å². The fourth-order valence-electron chi connectivity index (χ4n) is 1.35. The first-order valence-corrected chi connectivity index (χ1v) is 6.36. The molecule has 0 atom stereocenters. The third-order valence-electron chi connectivity index (χ3n) is 2.06. The van der Waals surface area contributed by atoms with Crippen LogP contribution in [-0.2, 0) is 16.0 Å². The van der Waals surface area contributed by atoms with Gasteiger partial charge in [-0.15, -0.1) is 0 Å². The van der Waals surface area contributed by atoms with E-state index in [0.29, 0.717) is 5.69 Å². The highest BCUT2D eigenvalue weighted by Crippen LogP contribution is 2.12. The molecule has 0 aliphatic heterocycles. The second-order valence-corrected chi connectivity index (χ2v) is 4.82. The maximum Gasteiger partial charge on any atom is 0.326 e. The summed E-state index contributed by atoms with van der Waals surface area (Å²) in [4.78, 5) is 8.05. The predicted molar refractivity (Wildman–Crippen MR) is 59.2 cm³/mol. The Kier molecular flexibility index (Phi) is 3.12. The lowest BCUT2D eigenvalue weighted by Gasteiger charge is -1.98. The quantitative estimate of drug-likeness (QED) is 0.626. The van der Waals surface area contributed by atoms with E-state index in [9.17, 15) is 8.42 Å². The number of nitrogens with zero attached hydrogens (tertiary/aromatic N) is 3. The highest BCUT2D eigenvalue weighted by Gasteiger charge is 2.12. The fourth-order valence-corrected chi connectivity index (χ4v) is 1.90. The Morgan fingerprint density at radius 2 is 1.94 bits per heavy atom. The van der Waals surface area contributed by atoms with Gasteiger partial charge in [0.2, 0.25) is 0 Å².